The van der Waals surface area contributed by atoms with E-state index in [9.17, 15) is 4.79 Å². The Bertz CT molecular complexity index is 462. The fourth-order valence-corrected chi connectivity index (χ4v) is 2.60. The van der Waals surface area contributed by atoms with Gasteiger partial charge in [-0.15, -0.1) is 0 Å². The van der Waals surface area contributed by atoms with Crippen molar-refractivity contribution in [1.29, 1.82) is 0 Å². The maximum Gasteiger partial charge on any atom is 0.343 e. The number of ether oxygens (including phenoxy) is 1. The Kier molecular flexibility index (Phi) is 4.35. The fraction of sp³-hybridized carbons (Fsp3) is 0.643. The van der Waals surface area contributed by atoms with Crippen molar-refractivity contribution in [2.24, 2.45) is 5.92 Å². The van der Waals surface area contributed by atoms with E-state index in [2.05, 4.69) is 22.2 Å². The molecule has 0 saturated heterocycles. The van der Waals surface area contributed by atoms with Gasteiger partial charge >= 0.3 is 5.97 Å². The van der Waals surface area contributed by atoms with Gasteiger partial charge in [0.1, 0.15) is 17.2 Å². The molecule has 1 heterocycles. The molecule has 0 aliphatic heterocycles. The van der Waals surface area contributed by atoms with Gasteiger partial charge in [-0.3, -0.25) is 0 Å². The summed E-state index contributed by atoms with van der Waals surface area (Å²) in [6.45, 7) is 4.08. The molecule has 2 unspecified atom stereocenters. The van der Waals surface area contributed by atoms with Crippen molar-refractivity contribution in [3.8, 4) is 0 Å². The van der Waals surface area contributed by atoms with Gasteiger partial charge in [-0.2, -0.15) is 0 Å². The van der Waals surface area contributed by atoms with Crippen molar-refractivity contribution in [2.45, 2.75) is 45.6 Å². The second-order valence-corrected chi connectivity index (χ2v) is 5.28. The zero-order valence-electron chi connectivity index (χ0n) is 11.8. The number of carbonyl (C=O) groups is 1. The van der Waals surface area contributed by atoms with Crippen LogP contribution in [0.5, 0.6) is 0 Å². The van der Waals surface area contributed by atoms with Crippen LogP contribution in [-0.2, 0) is 4.74 Å². The van der Waals surface area contributed by atoms with Crippen LogP contribution in [0.25, 0.3) is 0 Å². The second kappa shape index (κ2) is 5.99. The third kappa shape index (κ3) is 3.43. The molecule has 19 heavy (non-hydrogen) atoms. The molecule has 1 aliphatic carbocycles. The quantitative estimate of drug-likeness (QED) is 0.849. The summed E-state index contributed by atoms with van der Waals surface area (Å²) in [4.78, 5) is 20.1. The summed E-state index contributed by atoms with van der Waals surface area (Å²) in [5, 5.41) is 3.38. The van der Waals surface area contributed by atoms with E-state index in [1.165, 1.54) is 26.1 Å². The van der Waals surface area contributed by atoms with Gasteiger partial charge in [-0.1, -0.05) is 19.8 Å². The first-order valence-corrected chi connectivity index (χ1v) is 6.78. The number of aromatic nitrogens is 2. The maximum absolute atomic E-state index is 11.7. The SMILES string of the molecule is COC(=O)c1cnc(C)nc1NC1CCCC(C)C1. The molecule has 0 amide bonds. The lowest BCUT2D eigenvalue weighted by Crippen LogP contribution is -2.28. The van der Waals surface area contributed by atoms with Crippen molar-refractivity contribution in [1.82, 2.24) is 9.97 Å². The largest absolute Gasteiger partial charge is 0.465 e. The highest BCUT2D eigenvalue weighted by molar-refractivity contribution is 5.94. The summed E-state index contributed by atoms with van der Waals surface area (Å²) in [6, 6.07) is 0.376. The van der Waals surface area contributed by atoms with Crippen LogP contribution in [0, 0.1) is 12.8 Å². The summed E-state index contributed by atoms with van der Waals surface area (Å²) in [5.74, 6) is 1.57. The number of rotatable bonds is 3. The topological polar surface area (TPSA) is 64.1 Å². The number of esters is 1. The Morgan fingerprint density at radius 2 is 2.26 bits per heavy atom. The molecular formula is C14H21N3O2. The van der Waals surface area contributed by atoms with Crippen molar-refractivity contribution in [3.63, 3.8) is 0 Å². The van der Waals surface area contributed by atoms with E-state index in [0.29, 0.717) is 23.2 Å². The minimum Gasteiger partial charge on any atom is -0.465 e. The van der Waals surface area contributed by atoms with E-state index in [0.717, 1.165) is 18.8 Å². The Morgan fingerprint density at radius 3 is 2.95 bits per heavy atom. The molecule has 2 rings (SSSR count). The van der Waals surface area contributed by atoms with Gasteiger partial charge in [0.2, 0.25) is 0 Å². The van der Waals surface area contributed by atoms with E-state index in [-0.39, 0.29) is 0 Å². The molecule has 5 heteroatoms. The van der Waals surface area contributed by atoms with Gasteiger partial charge in [0, 0.05) is 12.2 Å². The highest BCUT2D eigenvalue weighted by Crippen LogP contribution is 2.26. The minimum absolute atomic E-state index is 0.376. The third-order valence-corrected chi connectivity index (χ3v) is 3.59. The van der Waals surface area contributed by atoms with Crippen LogP contribution in [-0.4, -0.2) is 29.1 Å². The smallest absolute Gasteiger partial charge is 0.343 e. The van der Waals surface area contributed by atoms with Gasteiger partial charge in [0.15, 0.2) is 0 Å². The molecule has 0 radical (unpaired) electrons. The lowest BCUT2D eigenvalue weighted by Gasteiger charge is -2.28. The zero-order chi connectivity index (χ0) is 13.8. The monoisotopic (exact) mass is 263 g/mol. The molecule has 1 aromatic rings. The Balaban J connectivity index is 2.18. The van der Waals surface area contributed by atoms with E-state index >= 15 is 0 Å². The first-order chi connectivity index (χ1) is 9.10. The highest BCUT2D eigenvalue weighted by Gasteiger charge is 2.22. The van der Waals surface area contributed by atoms with E-state index in [1.807, 2.05) is 6.92 Å². The minimum atomic E-state index is -0.397. The number of carbonyl (C=O) groups excluding carboxylic acids is 1. The van der Waals surface area contributed by atoms with Crippen LogP contribution in [0.15, 0.2) is 6.20 Å². The average molecular weight is 263 g/mol. The van der Waals surface area contributed by atoms with Gasteiger partial charge in [-0.05, 0) is 25.7 Å². The van der Waals surface area contributed by atoms with Crippen molar-refractivity contribution in [2.75, 3.05) is 12.4 Å². The van der Waals surface area contributed by atoms with E-state index in [4.69, 9.17) is 4.74 Å². The molecule has 104 valence electrons. The normalized spacial score (nSPS) is 22.9. The number of methoxy groups -OCH3 is 1. The second-order valence-electron chi connectivity index (χ2n) is 5.28. The lowest BCUT2D eigenvalue weighted by molar-refractivity contribution is 0.0601. The van der Waals surface area contributed by atoms with Crippen molar-refractivity contribution >= 4 is 11.8 Å². The molecule has 1 aliphatic rings. The number of aryl methyl sites for hydroxylation is 1. The van der Waals surface area contributed by atoms with Crippen LogP contribution >= 0.6 is 0 Å². The number of hydrogen-bond acceptors (Lipinski definition) is 5. The lowest BCUT2D eigenvalue weighted by atomic mass is 9.87. The van der Waals surface area contributed by atoms with E-state index < -0.39 is 5.97 Å². The van der Waals surface area contributed by atoms with Crippen LogP contribution in [0.1, 0.15) is 48.8 Å². The van der Waals surface area contributed by atoms with Crippen LogP contribution in [0.3, 0.4) is 0 Å². The predicted octanol–water partition coefficient (Wildman–Crippen LogP) is 2.56. The summed E-state index contributed by atoms with van der Waals surface area (Å²) >= 11 is 0. The average Bonchev–Trinajstić information content (AvgIpc) is 2.38. The van der Waals surface area contributed by atoms with Crippen LogP contribution < -0.4 is 5.32 Å². The molecular weight excluding hydrogens is 242 g/mol. The van der Waals surface area contributed by atoms with Gasteiger partial charge in [0.25, 0.3) is 0 Å². The fourth-order valence-electron chi connectivity index (χ4n) is 2.60. The molecule has 0 bridgehead atoms. The van der Waals surface area contributed by atoms with Gasteiger partial charge < -0.3 is 10.1 Å². The molecule has 1 aromatic heterocycles. The molecule has 2 atom stereocenters. The molecule has 5 nitrogen and oxygen atoms in total. The van der Waals surface area contributed by atoms with Gasteiger partial charge in [-0.25, -0.2) is 14.8 Å². The van der Waals surface area contributed by atoms with Crippen molar-refractivity contribution < 1.29 is 9.53 Å². The molecule has 0 spiro atoms. The summed E-state index contributed by atoms with van der Waals surface area (Å²) in [5.41, 5.74) is 0.409. The number of nitrogens with zero attached hydrogens (tertiary/aromatic N) is 2. The summed E-state index contributed by atoms with van der Waals surface area (Å²) in [6.07, 6.45) is 6.27. The predicted molar refractivity (Wildman–Crippen MR) is 73.2 cm³/mol. The van der Waals surface area contributed by atoms with Crippen molar-refractivity contribution in [3.05, 3.63) is 17.6 Å². The standard InChI is InChI=1S/C14H21N3O2/c1-9-5-4-6-11(7-9)17-13-12(14(18)19-3)8-15-10(2)16-13/h8-9,11H,4-7H2,1-3H3,(H,15,16,17). The van der Waals surface area contributed by atoms with Gasteiger partial charge in [0.05, 0.1) is 7.11 Å². The molecule has 0 aromatic carbocycles. The molecule has 1 fully saturated rings. The first-order valence-electron chi connectivity index (χ1n) is 6.78. The highest BCUT2D eigenvalue weighted by atomic mass is 16.5. The van der Waals surface area contributed by atoms with E-state index in [1.54, 1.807) is 0 Å². The Hall–Kier alpha value is -1.65. The summed E-state index contributed by atoms with van der Waals surface area (Å²) in [7, 11) is 1.37. The summed E-state index contributed by atoms with van der Waals surface area (Å²) < 4.78 is 4.77. The molecule has 1 N–H and O–H groups in total. The molecule has 1 saturated carbocycles. The zero-order valence-corrected chi connectivity index (χ0v) is 11.8. The Morgan fingerprint density at radius 1 is 1.47 bits per heavy atom. The first kappa shape index (κ1) is 13.8. The maximum atomic E-state index is 11.7. The van der Waals surface area contributed by atoms with Crippen LogP contribution in [0.4, 0.5) is 5.82 Å². The third-order valence-electron chi connectivity index (χ3n) is 3.59. The number of nitrogens with one attached hydrogen (secondary N) is 1. The number of anilines is 1. The Labute approximate surface area is 113 Å². The van der Waals surface area contributed by atoms with Crippen LogP contribution in [0.2, 0.25) is 0 Å². The number of hydrogen-bond donors (Lipinski definition) is 1.